The van der Waals surface area contributed by atoms with Gasteiger partial charge in [0.25, 0.3) is 5.91 Å². The summed E-state index contributed by atoms with van der Waals surface area (Å²) < 4.78 is 11.3. The summed E-state index contributed by atoms with van der Waals surface area (Å²) in [6.45, 7) is 3.65. The number of aryl methyl sites for hydroxylation is 1. The molecule has 0 aliphatic carbocycles. The number of amides is 1. The van der Waals surface area contributed by atoms with Crippen molar-refractivity contribution in [3.05, 3.63) is 53.3 Å². The quantitative estimate of drug-likeness (QED) is 0.225. The number of carboxylic acid groups (broad SMARTS) is 2. The number of carboxylic acids is 2. The number of aliphatic hydroxyl groups is 1. The molecule has 4 rings (SSSR count). The molecule has 2 atom stereocenters. The van der Waals surface area contributed by atoms with E-state index in [1.54, 1.807) is 0 Å². The van der Waals surface area contributed by atoms with Crippen LogP contribution in [0.25, 0.3) is 11.0 Å². The van der Waals surface area contributed by atoms with E-state index in [0.717, 1.165) is 25.4 Å². The second-order valence-corrected chi connectivity index (χ2v) is 10.3. The molecule has 12 nitrogen and oxygen atoms in total. The fourth-order valence-electron chi connectivity index (χ4n) is 4.77. The zero-order valence-corrected chi connectivity index (χ0v) is 23.2. The summed E-state index contributed by atoms with van der Waals surface area (Å²) in [5.41, 5.74) is 2.14. The molecule has 0 unspecified atom stereocenters. The summed E-state index contributed by atoms with van der Waals surface area (Å²) in [5.74, 6) is -2.71. The van der Waals surface area contributed by atoms with Crippen LogP contribution in [0.2, 0.25) is 0 Å². The van der Waals surface area contributed by atoms with Crippen molar-refractivity contribution < 1.29 is 39.2 Å². The van der Waals surface area contributed by atoms with Crippen molar-refractivity contribution in [1.29, 1.82) is 0 Å². The molecule has 12 heteroatoms. The Morgan fingerprint density at radius 2 is 1.83 bits per heavy atom. The molecular weight excluding hydrogens is 532 g/mol. The number of aliphatic carboxylic acids is 2. The third-order valence-electron chi connectivity index (χ3n) is 6.89. The SMILES string of the molecule is CN(C)C(=O)c1cc2[nH]c(CCCOc3cccc(CN4CCCCC4)c3)nc2cc1O[C@@H](C(=O)O)[C@@H](O)C(=O)O. The largest absolute Gasteiger partial charge is 0.494 e. The molecule has 2 aromatic carbocycles. The number of aliphatic hydroxyl groups excluding tert-OH is 1. The third-order valence-corrected chi connectivity index (χ3v) is 6.89. The standard InChI is InChI=1S/C29H36N4O8/c1-32(2)27(35)20-15-21-22(16-23(20)41-26(29(38)39)25(34)28(36)37)31-24(30-21)10-7-13-40-19-9-6-8-18(14-19)17-33-11-4-3-5-12-33/h6,8-9,14-16,25-26,34H,3-5,7,10-13,17H2,1-2H3,(H,30,31)(H,36,37)(H,38,39)/t25-,26-/m1/s1. The highest BCUT2D eigenvalue weighted by Gasteiger charge is 2.35. The first-order valence-electron chi connectivity index (χ1n) is 13.6. The van der Waals surface area contributed by atoms with Crippen LogP contribution in [0.3, 0.4) is 0 Å². The van der Waals surface area contributed by atoms with Crippen LogP contribution in [0.1, 0.15) is 47.4 Å². The number of ether oxygens (including phenoxy) is 2. The number of piperidine rings is 1. The Morgan fingerprint density at radius 3 is 2.51 bits per heavy atom. The van der Waals surface area contributed by atoms with Crippen LogP contribution in [0.4, 0.5) is 0 Å². The summed E-state index contributed by atoms with van der Waals surface area (Å²) >= 11 is 0. The Hall–Kier alpha value is -4.16. The molecule has 1 saturated heterocycles. The lowest BCUT2D eigenvalue weighted by atomic mass is 10.1. The van der Waals surface area contributed by atoms with E-state index in [1.165, 1.54) is 56.0 Å². The van der Waals surface area contributed by atoms with Crippen LogP contribution < -0.4 is 9.47 Å². The maximum Gasteiger partial charge on any atom is 0.348 e. The molecule has 41 heavy (non-hydrogen) atoms. The average Bonchev–Trinajstić information content (AvgIpc) is 3.35. The molecule has 1 fully saturated rings. The smallest absolute Gasteiger partial charge is 0.348 e. The second-order valence-electron chi connectivity index (χ2n) is 10.3. The van der Waals surface area contributed by atoms with E-state index in [4.69, 9.17) is 14.6 Å². The summed E-state index contributed by atoms with van der Waals surface area (Å²) in [4.78, 5) is 47.1. The topological polar surface area (TPSA) is 166 Å². The number of carbonyl (C=O) groups is 3. The number of H-pyrrole nitrogens is 1. The van der Waals surface area contributed by atoms with Crippen molar-refractivity contribution in [2.75, 3.05) is 33.8 Å². The lowest BCUT2D eigenvalue weighted by Gasteiger charge is -2.26. The number of fused-ring (bicyclic) bond motifs is 1. The van der Waals surface area contributed by atoms with Gasteiger partial charge in [0.15, 0.2) is 6.10 Å². The maximum absolute atomic E-state index is 12.8. The minimum Gasteiger partial charge on any atom is -0.494 e. The average molecular weight is 569 g/mol. The van der Waals surface area contributed by atoms with Gasteiger partial charge in [0.05, 0.1) is 23.2 Å². The van der Waals surface area contributed by atoms with Crippen molar-refractivity contribution in [2.45, 2.75) is 50.9 Å². The number of nitrogens with zero attached hydrogens (tertiary/aromatic N) is 3. The Balaban J connectivity index is 1.43. The van der Waals surface area contributed by atoms with Gasteiger partial charge >= 0.3 is 11.9 Å². The number of aromatic amines is 1. The van der Waals surface area contributed by atoms with Crippen molar-refractivity contribution in [2.24, 2.45) is 0 Å². The van der Waals surface area contributed by atoms with Crippen LogP contribution in [0.15, 0.2) is 36.4 Å². The van der Waals surface area contributed by atoms with Crippen LogP contribution in [0.5, 0.6) is 11.5 Å². The Labute approximate surface area is 237 Å². The predicted molar refractivity (Wildman–Crippen MR) is 149 cm³/mol. The van der Waals surface area contributed by atoms with Crippen LogP contribution in [-0.4, -0.2) is 98.9 Å². The maximum atomic E-state index is 12.8. The molecule has 0 saturated carbocycles. The van der Waals surface area contributed by atoms with Gasteiger partial charge in [-0.3, -0.25) is 9.69 Å². The van der Waals surface area contributed by atoms with Crippen LogP contribution in [-0.2, 0) is 22.6 Å². The van der Waals surface area contributed by atoms with E-state index in [-0.39, 0.29) is 11.3 Å². The monoisotopic (exact) mass is 568 g/mol. The van der Waals surface area contributed by atoms with Gasteiger partial charge < -0.3 is 34.7 Å². The van der Waals surface area contributed by atoms with E-state index in [9.17, 15) is 24.6 Å². The van der Waals surface area contributed by atoms with Gasteiger partial charge in [0, 0.05) is 33.1 Å². The second kappa shape index (κ2) is 13.5. The number of nitrogens with one attached hydrogen (secondary N) is 1. The molecule has 1 aliphatic heterocycles. The highest BCUT2D eigenvalue weighted by molar-refractivity contribution is 6.00. The molecule has 0 spiro atoms. The summed E-state index contributed by atoms with van der Waals surface area (Å²) in [6, 6.07) is 11.0. The summed E-state index contributed by atoms with van der Waals surface area (Å²) in [5, 5.41) is 28.3. The molecule has 1 aromatic heterocycles. The first-order chi connectivity index (χ1) is 19.6. The van der Waals surface area contributed by atoms with Crippen molar-refractivity contribution in [3.63, 3.8) is 0 Å². The number of imidazole rings is 1. The van der Waals surface area contributed by atoms with E-state index in [2.05, 4.69) is 27.0 Å². The molecule has 0 bridgehead atoms. The Morgan fingerprint density at radius 1 is 1.07 bits per heavy atom. The molecule has 220 valence electrons. The number of aromatic nitrogens is 2. The first-order valence-corrected chi connectivity index (χ1v) is 13.6. The number of rotatable bonds is 13. The summed E-state index contributed by atoms with van der Waals surface area (Å²) in [7, 11) is 3.03. The molecule has 3 aromatic rings. The van der Waals surface area contributed by atoms with Crippen LogP contribution in [0, 0.1) is 0 Å². The lowest BCUT2D eigenvalue weighted by molar-refractivity contribution is -0.163. The third kappa shape index (κ3) is 7.74. The minimum atomic E-state index is -2.34. The van der Waals surface area contributed by atoms with Crippen molar-refractivity contribution >= 4 is 28.9 Å². The normalized spacial score (nSPS) is 15.3. The summed E-state index contributed by atoms with van der Waals surface area (Å²) in [6.07, 6.45) is 0.530. The number of carbonyl (C=O) groups excluding carboxylic acids is 1. The van der Waals surface area contributed by atoms with Gasteiger partial charge in [0.2, 0.25) is 6.10 Å². The molecular formula is C29H36N4O8. The van der Waals surface area contributed by atoms with E-state index in [0.29, 0.717) is 36.3 Å². The van der Waals surface area contributed by atoms with Crippen LogP contribution >= 0.6 is 0 Å². The number of likely N-dealkylation sites (tertiary alicyclic amines) is 1. The lowest BCUT2D eigenvalue weighted by Crippen LogP contribution is -2.44. The molecule has 1 aliphatic rings. The highest BCUT2D eigenvalue weighted by atomic mass is 16.5. The van der Waals surface area contributed by atoms with E-state index in [1.807, 2.05) is 12.1 Å². The number of hydrogen-bond donors (Lipinski definition) is 4. The van der Waals surface area contributed by atoms with Crippen molar-refractivity contribution in [1.82, 2.24) is 19.8 Å². The van der Waals surface area contributed by atoms with Crippen molar-refractivity contribution in [3.8, 4) is 11.5 Å². The minimum absolute atomic E-state index is 0.00527. The molecule has 1 amide bonds. The highest BCUT2D eigenvalue weighted by Crippen LogP contribution is 2.28. The Bertz CT molecular complexity index is 1380. The molecule has 0 radical (unpaired) electrons. The number of benzene rings is 2. The van der Waals surface area contributed by atoms with Gasteiger partial charge in [0.1, 0.15) is 17.3 Å². The van der Waals surface area contributed by atoms with Gasteiger partial charge in [-0.1, -0.05) is 18.6 Å². The van der Waals surface area contributed by atoms with Gasteiger partial charge in [-0.05, 0) is 56.1 Å². The zero-order chi connectivity index (χ0) is 29.5. The fourth-order valence-corrected chi connectivity index (χ4v) is 4.77. The Kier molecular flexibility index (Phi) is 9.79. The molecule has 2 heterocycles. The zero-order valence-electron chi connectivity index (χ0n) is 23.2. The van der Waals surface area contributed by atoms with E-state index >= 15 is 0 Å². The fraction of sp³-hybridized carbons (Fsp3) is 0.448. The number of hydrogen-bond acceptors (Lipinski definition) is 8. The predicted octanol–water partition coefficient (Wildman–Crippen LogP) is 2.54. The van der Waals surface area contributed by atoms with E-state index < -0.39 is 30.1 Å². The molecule has 4 N–H and O–H groups in total. The van der Waals surface area contributed by atoms with Gasteiger partial charge in [-0.15, -0.1) is 0 Å². The van der Waals surface area contributed by atoms with Gasteiger partial charge in [-0.2, -0.15) is 0 Å². The first kappa shape index (κ1) is 29.8. The van der Waals surface area contributed by atoms with Gasteiger partial charge in [-0.25, -0.2) is 14.6 Å².